The maximum Gasteiger partial charge on any atom is 0.418 e. The quantitative estimate of drug-likeness (QED) is 0.728. The molecule has 0 fully saturated rings. The lowest BCUT2D eigenvalue weighted by molar-refractivity contribution is -0.142. The fraction of sp³-hybridized carbons (Fsp3) is 0.500. The van der Waals surface area contributed by atoms with Crippen molar-refractivity contribution in [3.63, 3.8) is 0 Å². The number of ether oxygens (including phenoxy) is 1. The molecule has 0 atom stereocenters. The van der Waals surface area contributed by atoms with E-state index in [0.717, 1.165) is 6.07 Å². The Morgan fingerprint density at radius 2 is 2.00 bits per heavy atom. The van der Waals surface area contributed by atoms with Gasteiger partial charge in [0.1, 0.15) is 6.54 Å². The van der Waals surface area contributed by atoms with Gasteiger partial charge in [-0.2, -0.15) is 13.2 Å². The first-order valence-electron chi connectivity index (χ1n) is 6.45. The molecule has 0 unspecified atom stereocenters. The second-order valence-corrected chi connectivity index (χ2v) is 5.60. The van der Waals surface area contributed by atoms with Crippen LogP contribution in [0.2, 0.25) is 0 Å². The standard InChI is InChI=1S/C14H17BrF3NO2/c1-4-21-13(20)8-19(9(2)3)12-7-10(15)5-6-11(12)14(16,17)18/h5-7,9H,4,8H2,1-3H3. The fourth-order valence-electron chi connectivity index (χ4n) is 1.87. The summed E-state index contributed by atoms with van der Waals surface area (Å²) in [7, 11) is 0. The van der Waals surface area contributed by atoms with Crippen molar-refractivity contribution in [1.82, 2.24) is 0 Å². The lowest BCUT2D eigenvalue weighted by atomic mass is 10.1. The molecule has 0 aliphatic heterocycles. The third-order valence-electron chi connectivity index (χ3n) is 2.80. The van der Waals surface area contributed by atoms with Gasteiger partial charge < -0.3 is 9.64 Å². The Balaban J connectivity index is 3.24. The van der Waals surface area contributed by atoms with Crippen molar-refractivity contribution in [3.05, 3.63) is 28.2 Å². The average Bonchev–Trinajstić information content (AvgIpc) is 2.34. The van der Waals surface area contributed by atoms with Gasteiger partial charge in [0.05, 0.1) is 17.9 Å². The smallest absolute Gasteiger partial charge is 0.418 e. The van der Waals surface area contributed by atoms with Crippen LogP contribution in [0.15, 0.2) is 22.7 Å². The highest BCUT2D eigenvalue weighted by molar-refractivity contribution is 9.10. The summed E-state index contributed by atoms with van der Waals surface area (Å²) in [6.45, 7) is 5.05. The van der Waals surface area contributed by atoms with Gasteiger partial charge >= 0.3 is 12.1 Å². The molecule has 0 spiro atoms. The minimum Gasteiger partial charge on any atom is -0.465 e. The van der Waals surface area contributed by atoms with Crippen molar-refractivity contribution in [2.45, 2.75) is 33.0 Å². The van der Waals surface area contributed by atoms with Gasteiger partial charge in [0, 0.05) is 10.5 Å². The molecule has 3 nitrogen and oxygen atoms in total. The van der Waals surface area contributed by atoms with Crippen LogP contribution in [0.4, 0.5) is 18.9 Å². The molecule has 0 aliphatic carbocycles. The van der Waals surface area contributed by atoms with Gasteiger partial charge in [-0.1, -0.05) is 15.9 Å². The van der Waals surface area contributed by atoms with E-state index in [9.17, 15) is 18.0 Å². The van der Waals surface area contributed by atoms with Crippen LogP contribution in [0.3, 0.4) is 0 Å². The zero-order valence-electron chi connectivity index (χ0n) is 12.0. The summed E-state index contributed by atoms with van der Waals surface area (Å²) in [4.78, 5) is 13.0. The number of nitrogens with zero attached hydrogens (tertiary/aromatic N) is 1. The topological polar surface area (TPSA) is 29.5 Å². The second-order valence-electron chi connectivity index (χ2n) is 4.69. The lowest BCUT2D eigenvalue weighted by Gasteiger charge is -2.30. The summed E-state index contributed by atoms with van der Waals surface area (Å²) in [5.41, 5.74) is -0.816. The van der Waals surface area contributed by atoms with Crippen molar-refractivity contribution in [3.8, 4) is 0 Å². The van der Waals surface area contributed by atoms with E-state index >= 15 is 0 Å². The van der Waals surface area contributed by atoms with E-state index in [1.807, 2.05) is 0 Å². The predicted molar refractivity (Wildman–Crippen MR) is 78.3 cm³/mol. The zero-order valence-corrected chi connectivity index (χ0v) is 13.6. The van der Waals surface area contributed by atoms with Gasteiger partial charge in [-0.3, -0.25) is 4.79 Å². The van der Waals surface area contributed by atoms with Crippen LogP contribution in [0.1, 0.15) is 26.3 Å². The monoisotopic (exact) mass is 367 g/mol. The van der Waals surface area contributed by atoms with Crippen molar-refractivity contribution >= 4 is 27.6 Å². The number of hydrogen-bond donors (Lipinski definition) is 0. The van der Waals surface area contributed by atoms with Crippen LogP contribution in [0, 0.1) is 0 Å². The first kappa shape index (κ1) is 17.8. The lowest BCUT2D eigenvalue weighted by Crippen LogP contribution is -2.37. The maximum absolute atomic E-state index is 13.1. The molecule has 0 saturated carbocycles. The summed E-state index contributed by atoms with van der Waals surface area (Å²) >= 11 is 3.17. The SMILES string of the molecule is CCOC(=O)CN(c1cc(Br)ccc1C(F)(F)F)C(C)C. The fourth-order valence-corrected chi connectivity index (χ4v) is 2.22. The highest BCUT2D eigenvalue weighted by Crippen LogP contribution is 2.38. The highest BCUT2D eigenvalue weighted by atomic mass is 79.9. The Bertz CT molecular complexity index is 503. The molecule has 1 rings (SSSR count). The van der Waals surface area contributed by atoms with Crippen LogP contribution >= 0.6 is 15.9 Å². The number of hydrogen-bond acceptors (Lipinski definition) is 3. The second kappa shape index (κ2) is 7.15. The van der Waals surface area contributed by atoms with Crippen molar-refractivity contribution in [1.29, 1.82) is 0 Å². The van der Waals surface area contributed by atoms with Crippen LogP contribution in [-0.2, 0) is 15.7 Å². The number of alkyl halides is 3. The van der Waals surface area contributed by atoms with Crippen molar-refractivity contribution in [2.75, 3.05) is 18.1 Å². The van der Waals surface area contributed by atoms with Crippen molar-refractivity contribution < 1.29 is 22.7 Å². The molecular weight excluding hydrogens is 351 g/mol. The van der Waals surface area contributed by atoms with Crippen LogP contribution in [0.25, 0.3) is 0 Å². The van der Waals surface area contributed by atoms with Gasteiger partial charge in [-0.25, -0.2) is 0 Å². The highest BCUT2D eigenvalue weighted by Gasteiger charge is 2.35. The summed E-state index contributed by atoms with van der Waals surface area (Å²) in [5, 5.41) is 0. The molecule has 0 saturated heterocycles. The van der Waals surface area contributed by atoms with Gasteiger partial charge in [-0.15, -0.1) is 0 Å². The molecule has 7 heteroatoms. The molecule has 0 radical (unpaired) electrons. The van der Waals surface area contributed by atoms with Crippen LogP contribution < -0.4 is 4.90 Å². The molecule has 0 aromatic heterocycles. The molecule has 1 aromatic rings. The Hall–Kier alpha value is -1.24. The largest absolute Gasteiger partial charge is 0.465 e. The van der Waals surface area contributed by atoms with Gasteiger partial charge in [0.25, 0.3) is 0 Å². The molecule has 0 aliphatic rings. The molecule has 0 heterocycles. The summed E-state index contributed by atoms with van der Waals surface area (Å²) < 4.78 is 44.7. The predicted octanol–water partition coefficient (Wildman–Crippen LogP) is 4.25. The summed E-state index contributed by atoms with van der Waals surface area (Å²) in [5.74, 6) is -0.556. The molecule has 0 bridgehead atoms. The van der Waals surface area contributed by atoms with Crippen LogP contribution in [-0.4, -0.2) is 25.2 Å². The van der Waals surface area contributed by atoms with E-state index < -0.39 is 17.7 Å². The number of rotatable bonds is 5. The van der Waals surface area contributed by atoms with E-state index in [1.165, 1.54) is 17.0 Å². The number of carbonyl (C=O) groups excluding carboxylic acids is 1. The maximum atomic E-state index is 13.1. The Labute approximate surface area is 130 Å². The molecule has 1 aromatic carbocycles. The van der Waals surface area contributed by atoms with Crippen LogP contribution in [0.5, 0.6) is 0 Å². The number of benzene rings is 1. The normalized spacial score (nSPS) is 11.6. The van der Waals surface area contributed by atoms with E-state index in [2.05, 4.69) is 15.9 Å². The Morgan fingerprint density at radius 1 is 1.38 bits per heavy atom. The first-order valence-corrected chi connectivity index (χ1v) is 7.25. The van der Waals surface area contributed by atoms with Crippen molar-refractivity contribution in [2.24, 2.45) is 0 Å². The Morgan fingerprint density at radius 3 is 2.48 bits per heavy atom. The van der Waals surface area contributed by atoms with E-state index in [0.29, 0.717) is 4.47 Å². The van der Waals surface area contributed by atoms with Gasteiger partial charge in [0.15, 0.2) is 0 Å². The molecule has 0 N–H and O–H groups in total. The summed E-state index contributed by atoms with van der Waals surface area (Å²) in [6, 6.07) is 3.40. The van der Waals surface area contributed by atoms with Gasteiger partial charge in [0.2, 0.25) is 0 Å². The summed E-state index contributed by atoms with van der Waals surface area (Å²) in [6.07, 6.45) is -4.49. The molecule has 21 heavy (non-hydrogen) atoms. The molecule has 0 amide bonds. The Kier molecular flexibility index (Phi) is 6.07. The third kappa shape index (κ3) is 4.91. The van der Waals surface area contributed by atoms with E-state index in [1.54, 1.807) is 20.8 Å². The number of anilines is 1. The zero-order chi connectivity index (χ0) is 16.2. The first-order chi connectivity index (χ1) is 9.66. The van der Waals surface area contributed by atoms with E-state index in [-0.39, 0.29) is 24.9 Å². The minimum atomic E-state index is -4.49. The van der Waals surface area contributed by atoms with Gasteiger partial charge in [-0.05, 0) is 39.0 Å². The third-order valence-corrected chi connectivity index (χ3v) is 3.30. The number of halogens is 4. The molecule has 118 valence electrons. The molecular formula is C14H17BrF3NO2. The van der Waals surface area contributed by atoms with E-state index in [4.69, 9.17) is 4.74 Å². The average molecular weight is 368 g/mol. The number of carbonyl (C=O) groups is 1. The minimum absolute atomic E-state index is 0.0417. The number of esters is 1.